The Balaban J connectivity index is 2.14. The van der Waals surface area contributed by atoms with Crippen molar-refractivity contribution >= 4 is 40.1 Å². The standard InChI is InChI=1S/C13H11ClFN3OS/c1-7-12(8(2)19)20-13(17-7)18-16-6-9-10(14)4-3-5-11(9)15/h3-6H,1-2H3,(H,17,18)/b16-6-. The Labute approximate surface area is 124 Å². The van der Waals surface area contributed by atoms with Gasteiger partial charge >= 0.3 is 0 Å². The largest absolute Gasteiger partial charge is 0.294 e. The second-order valence-corrected chi connectivity index (χ2v) is 5.40. The van der Waals surface area contributed by atoms with E-state index in [0.717, 1.165) is 0 Å². The summed E-state index contributed by atoms with van der Waals surface area (Å²) in [7, 11) is 0. The van der Waals surface area contributed by atoms with Crippen LogP contribution in [-0.4, -0.2) is 17.0 Å². The first-order valence-electron chi connectivity index (χ1n) is 5.70. The molecule has 0 aliphatic heterocycles. The number of aromatic nitrogens is 1. The molecule has 104 valence electrons. The number of Topliss-reactive ketones (excluding diaryl/α,β-unsaturated/α-hetero) is 1. The maximum absolute atomic E-state index is 13.5. The summed E-state index contributed by atoms with van der Waals surface area (Å²) < 4.78 is 13.5. The fraction of sp³-hybridized carbons (Fsp3) is 0.154. The molecule has 0 bridgehead atoms. The maximum Gasteiger partial charge on any atom is 0.204 e. The van der Waals surface area contributed by atoms with E-state index in [-0.39, 0.29) is 16.4 Å². The minimum atomic E-state index is -0.456. The number of nitrogens with zero attached hydrogens (tertiary/aromatic N) is 2. The lowest BCUT2D eigenvalue weighted by Gasteiger charge is -1.99. The van der Waals surface area contributed by atoms with E-state index >= 15 is 0 Å². The third-order valence-electron chi connectivity index (χ3n) is 2.47. The fourth-order valence-corrected chi connectivity index (χ4v) is 2.58. The molecule has 20 heavy (non-hydrogen) atoms. The van der Waals surface area contributed by atoms with E-state index < -0.39 is 5.82 Å². The van der Waals surface area contributed by atoms with Crippen LogP contribution >= 0.6 is 22.9 Å². The predicted octanol–water partition coefficient (Wildman–Crippen LogP) is 3.89. The van der Waals surface area contributed by atoms with Crippen molar-refractivity contribution in [3.05, 3.63) is 45.2 Å². The summed E-state index contributed by atoms with van der Waals surface area (Å²) >= 11 is 7.06. The molecule has 0 radical (unpaired) electrons. The number of hydrazone groups is 1. The van der Waals surface area contributed by atoms with Crippen LogP contribution in [0.1, 0.15) is 27.9 Å². The summed E-state index contributed by atoms with van der Waals surface area (Å²) in [6, 6.07) is 4.40. The highest BCUT2D eigenvalue weighted by Gasteiger charge is 2.10. The van der Waals surface area contributed by atoms with Crippen molar-refractivity contribution in [1.29, 1.82) is 0 Å². The van der Waals surface area contributed by atoms with Gasteiger partial charge in [0.1, 0.15) is 5.82 Å². The molecule has 0 saturated heterocycles. The molecule has 0 unspecified atom stereocenters. The van der Waals surface area contributed by atoms with Gasteiger partial charge in [-0.05, 0) is 19.1 Å². The summed E-state index contributed by atoms with van der Waals surface area (Å²) in [4.78, 5) is 16.0. The first kappa shape index (κ1) is 14.6. The highest BCUT2D eigenvalue weighted by Crippen LogP contribution is 2.23. The van der Waals surface area contributed by atoms with Gasteiger partial charge in [-0.15, -0.1) is 0 Å². The molecule has 0 spiro atoms. The number of aryl methyl sites for hydroxylation is 1. The van der Waals surface area contributed by atoms with Crippen molar-refractivity contribution in [2.45, 2.75) is 13.8 Å². The van der Waals surface area contributed by atoms with Crippen molar-refractivity contribution in [2.75, 3.05) is 5.43 Å². The number of thiazole rings is 1. The smallest absolute Gasteiger partial charge is 0.204 e. The van der Waals surface area contributed by atoms with E-state index in [1.165, 1.54) is 36.6 Å². The predicted molar refractivity (Wildman–Crippen MR) is 79.5 cm³/mol. The van der Waals surface area contributed by atoms with Gasteiger partial charge in [0, 0.05) is 12.5 Å². The van der Waals surface area contributed by atoms with Crippen molar-refractivity contribution in [2.24, 2.45) is 5.10 Å². The monoisotopic (exact) mass is 311 g/mol. The molecule has 4 nitrogen and oxygen atoms in total. The molecule has 1 heterocycles. The van der Waals surface area contributed by atoms with Crippen molar-refractivity contribution in [1.82, 2.24) is 4.98 Å². The van der Waals surface area contributed by atoms with Crippen LogP contribution in [0.3, 0.4) is 0 Å². The lowest BCUT2D eigenvalue weighted by Crippen LogP contribution is -1.93. The molecule has 2 aromatic rings. The number of halogens is 2. The Morgan fingerprint density at radius 2 is 2.30 bits per heavy atom. The number of hydrogen-bond donors (Lipinski definition) is 1. The van der Waals surface area contributed by atoms with Gasteiger partial charge in [0.25, 0.3) is 0 Å². The Hall–Kier alpha value is -1.79. The summed E-state index contributed by atoms with van der Waals surface area (Å²) in [6.07, 6.45) is 1.28. The van der Waals surface area contributed by atoms with Gasteiger partial charge in [-0.25, -0.2) is 9.37 Å². The van der Waals surface area contributed by atoms with E-state index in [4.69, 9.17) is 11.6 Å². The van der Waals surface area contributed by atoms with E-state index in [1.54, 1.807) is 13.0 Å². The lowest BCUT2D eigenvalue weighted by molar-refractivity contribution is 0.102. The third-order valence-corrected chi connectivity index (χ3v) is 3.96. The van der Waals surface area contributed by atoms with Crippen molar-refractivity contribution in [3.63, 3.8) is 0 Å². The van der Waals surface area contributed by atoms with Gasteiger partial charge < -0.3 is 0 Å². The minimum absolute atomic E-state index is 0.0471. The zero-order valence-corrected chi connectivity index (χ0v) is 12.3. The highest BCUT2D eigenvalue weighted by molar-refractivity contribution is 7.17. The van der Waals surface area contributed by atoms with Gasteiger partial charge in [-0.2, -0.15) is 5.10 Å². The summed E-state index contributed by atoms with van der Waals surface area (Å²) in [5.74, 6) is -0.503. The number of carbonyl (C=O) groups excluding carboxylic acids is 1. The molecule has 0 fully saturated rings. The molecule has 1 aromatic heterocycles. The quantitative estimate of drug-likeness (QED) is 0.529. The Morgan fingerprint density at radius 1 is 1.55 bits per heavy atom. The number of ketones is 1. The van der Waals surface area contributed by atoms with Crippen LogP contribution in [0, 0.1) is 12.7 Å². The Morgan fingerprint density at radius 3 is 2.90 bits per heavy atom. The van der Waals surface area contributed by atoms with E-state index in [9.17, 15) is 9.18 Å². The Bertz CT molecular complexity index is 664. The molecule has 1 N–H and O–H groups in total. The van der Waals surface area contributed by atoms with Crippen LogP contribution in [0.15, 0.2) is 23.3 Å². The number of nitrogens with one attached hydrogen (secondary N) is 1. The first-order valence-corrected chi connectivity index (χ1v) is 6.90. The molecular weight excluding hydrogens is 301 g/mol. The van der Waals surface area contributed by atoms with Crippen LogP contribution in [0.2, 0.25) is 5.02 Å². The number of hydrogen-bond acceptors (Lipinski definition) is 5. The van der Waals surface area contributed by atoms with Gasteiger partial charge in [0.05, 0.1) is 21.8 Å². The molecule has 0 saturated carbocycles. The highest BCUT2D eigenvalue weighted by atomic mass is 35.5. The SMILES string of the molecule is CC(=O)c1sc(N/N=C\c2c(F)cccc2Cl)nc1C. The normalized spacial score (nSPS) is 11.0. The molecule has 7 heteroatoms. The molecular formula is C13H11ClFN3OS. The second-order valence-electron chi connectivity index (χ2n) is 4.00. The van der Waals surface area contributed by atoms with Gasteiger partial charge in [-0.3, -0.25) is 10.2 Å². The molecule has 1 aromatic carbocycles. The molecule has 0 aliphatic rings. The average molecular weight is 312 g/mol. The maximum atomic E-state index is 13.5. The fourth-order valence-electron chi connectivity index (χ4n) is 1.56. The van der Waals surface area contributed by atoms with E-state index in [0.29, 0.717) is 15.7 Å². The molecule has 0 atom stereocenters. The van der Waals surface area contributed by atoms with Gasteiger partial charge in [0.2, 0.25) is 5.13 Å². The van der Waals surface area contributed by atoms with Gasteiger partial charge in [-0.1, -0.05) is 29.0 Å². The first-order chi connectivity index (χ1) is 9.49. The van der Waals surface area contributed by atoms with Crippen LogP contribution in [-0.2, 0) is 0 Å². The zero-order valence-electron chi connectivity index (χ0n) is 10.8. The summed E-state index contributed by atoms with van der Waals surface area (Å²) in [5.41, 5.74) is 3.50. The second kappa shape index (κ2) is 6.11. The minimum Gasteiger partial charge on any atom is -0.294 e. The number of benzene rings is 1. The lowest BCUT2D eigenvalue weighted by atomic mass is 10.2. The molecule has 2 rings (SSSR count). The van der Waals surface area contributed by atoms with Crippen LogP contribution in [0.4, 0.5) is 9.52 Å². The van der Waals surface area contributed by atoms with Crippen LogP contribution < -0.4 is 5.43 Å². The summed E-state index contributed by atoms with van der Waals surface area (Å²) in [5, 5.41) is 4.63. The molecule has 0 amide bonds. The summed E-state index contributed by atoms with van der Waals surface area (Å²) in [6.45, 7) is 3.22. The van der Waals surface area contributed by atoms with Crippen molar-refractivity contribution in [3.8, 4) is 0 Å². The van der Waals surface area contributed by atoms with Crippen LogP contribution in [0.5, 0.6) is 0 Å². The van der Waals surface area contributed by atoms with Gasteiger partial charge in [0.15, 0.2) is 5.78 Å². The number of rotatable bonds is 4. The zero-order chi connectivity index (χ0) is 14.7. The van der Waals surface area contributed by atoms with Crippen molar-refractivity contribution < 1.29 is 9.18 Å². The number of carbonyl (C=O) groups is 1. The average Bonchev–Trinajstić information content (AvgIpc) is 2.74. The molecule has 0 aliphatic carbocycles. The van der Waals surface area contributed by atoms with Crippen LogP contribution in [0.25, 0.3) is 0 Å². The van der Waals surface area contributed by atoms with E-state index in [2.05, 4.69) is 15.5 Å². The Kier molecular flexibility index (Phi) is 4.46. The number of anilines is 1. The van der Waals surface area contributed by atoms with E-state index in [1.807, 2.05) is 0 Å². The third kappa shape index (κ3) is 3.20. The topological polar surface area (TPSA) is 54.4 Å².